The molecule has 0 aliphatic heterocycles. The highest BCUT2D eigenvalue weighted by molar-refractivity contribution is 7.92. The second-order valence-corrected chi connectivity index (χ2v) is 12.9. The standard InChI is InChI=1S/C35H36FN3O4S/c36-29-20-22-32(23-21-29)44(42,43)39(31-18-8-3-9-19-31)26-34(40)38(25-28-14-6-2-7-15-28)33(24-27-12-4-1-5-13-27)35(41)37-30-16-10-11-17-30/h1-9,12-15,18-23,30,33H,10-11,16-17,24-26H2,(H,37,41). The number of carbonyl (C=O) groups excluding carboxylic acids is 2. The van der Waals surface area contributed by atoms with Crippen LogP contribution in [0.5, 0.6) is 0 Å². The number of halogens is 1. The molecule has 5 rings (SSSR count). The smallest absolute Gasteiger partial charge is 0.264 e. The number of benzene rings is 4. The number of carbonyl (C=O) groups is 2. The summed E-state index contributed by atoms with van der Waals surface area (Å²) in [5, 5.41) is 3.17. The average Bonchev–Trinajstić information content (AvgIpc) is 3.56. The molecule has 1 fully saturated rings. The second kappa shape index (κ2) is 14.3. The molecule has 1 atom stereocenters. The van der Waals surface area contributed by atoms with Gasteiger partial charge in [0.05, 0.1) is 10.6 Å². The van der Waals surface area contributed by atoms with E-state index in [1.807, 2.05) is 60.7 Å². The van der Waals surface area contributed by atoms with Gasteiger partial charge in [-0.2, -0.15) is 0 Å². The van der Waals surface area contributed by atoms with Crippen molar-refractivity contribution < 1.29 is 22.4 Å². The summed E-state index contributed by atoms with van der Waals surface area (Å²) in [5.74, 6) is -1.37. The summed E-state index contributed by atoms with van der Waals surface area (Å²) in [7, 11) is -4.28. The van der Waals surface area contributed by atoms with Gasteiger partial charge in [-0.25, -0.2) is 12.8 Å². The monoisotopic (exact) mass is 613 g/mol. The predicted molar refractivity (Wildman–Crippen MR) is 169 cm³/mol. The average molecular weight is 614 g/mol. The molecule has 228 valence electrons. The molecule has 2 amide bonds. The third kappa shape index (κ3) is 7.71. The molecule has 0 aromatic heterocycles. The van der Waals surface area contributed by atoms with Gasteiger partial charge in [0.25, 0.3) is 10.0 Å². The Morgan fingerprint density at radius 1 is 0.773 bits per heavy atom. The van der Waals surface area contributed by atoms with Crippen molar-refractivity contribution in [1.29, 1.82) is 0 Å². The van der Waals surface area contributed by atoms with E-state index in [1.165, 1.54) is 17.0 Å². The zero-order chi connectivity index (χ0) is 30.9. The summed E-state index contributed by atoms with van der Waals surface area (Å²) < 4.78 is 42.6. The van der Waals surface area contributed by atoms with Crippen molar-refractivity contribution in [3.05, 3.63) is 132 Å². The molecule has 0 radical (unpaired) electrons. The molecule has 1 aliphatic carbocycles. The fraction of sp³-hybridized carbons (Fsp3) is 0.257. The van der Waals surface area contributed by atoms with Crippen LogP contribution in [0.1, 0.15) is 36.8 Å². The number of anilines is 1. The Bertz CT molecular complexity index is 1630. The van der Waals surface area contributed by atoms with Crippen LogP contribution in [0.4, 0.5) is 10.1 Å². The maximum Gasteiger partial charge on any atom is 0.264 e. The molecular weight excluding hydrogens is 577 g/mol. The molecule has 1 unspecified atom stereocenters. The van der Waals surface area contributed by atoms with Crippen LogP contribution in [-0.2, 0) is 32.6 Å². The van der Waals surface area contributed by atoms with Crippen LogP contribution in [0.15, 0.2) is 120 Å². The predicted octanol–water partition coefficient (Wildman–Crippen LogP) is 5.72. The van der Waals surface area contributed by atoms with E-state index in [-0.39, 0.29) is 35.5 Å². The number of hydrogen-bond donors (Lipinski definition) is 1. The molecule has 4 aromatic rings. The largest absolute Gasteiger partial charge is 0.352 e. The number of rotatable bonds is 12. The summed E-state index contributed by atoms with van der Waals surface area (Å²) in [6.07, 6.45) is 4.10. The molecule has 0 saturated heterocycles. The Kier molecular flexibility index (Phi) is 10.1. The SMILES string of the molecule is O=C(NC1CCCC1)C(Cc1ccccc1)N(Cc1ccccc1)C(=O)CN(c1ccccc1)S(=O)(=O)c1ccc(F)cc1. The van der Waals surface area contributed by atoms with E-state index in [1.54, 1.807) is 30.3 Å². The maximum absolute atomic E-state index is 14.4. The number of para-hydroxylation sites is 1. The minimum atomic E-state index is -4.28. The molecule has 44 heavy (non-hydrogen) atoms. The van der Waals surface area contributed by atoms with Crippen LogP contribution >= 0.6 is 0 Å². The highest BCUT2D eigenvalue weighted by Gasteiger charge is 2.35. The van der Waals surface area contributed by atoms with E-state index in [0.717, 1.165) is 53.2 Å². The van der Waals surface area contributed by atoms with Gasteiger partial charge >= 0.3 is 0 Å². The summed E-state index contributed by atoms with van der Waals surface area (Å²) in [5.41, 5.74) is 1.96. The lowest BCUT2D eigenvalue weighted by Crippen LogP contribution is -2.54. The molecular formula is C35H36FN3O4S. The maximum atomic E-state index is 14.4. The Balaban J connectivity index is 1.54. The van der Waals surface area contributed by atoms with Crippen LogP contribution < -0.4 is 9.62 Å². The van der Waals surface area contributed by atoms with E-state index in [9.17, 15) is 22.4 Å². The lowest BCUT2D eigenvalue weighted by atomic mass is 10.0. The number of hydrogen-bond acceptors (Lipinski definition) is 4. The third-order valence-electron chi connectivity index (χ3n) is 7.89. The van der Waals surface area contributed by atoms with Crippen molar-refractivity contribution in [3.8, 4) is 0 Å². The molecule has 9 heteroatoms. The summed E-state index contributed by atoms with van der Waals surface area (Å²) in [4.78, 5) is 29.7. The summed E-state index contributed by atoms with van der Waals surface area (Å²) >= 11 is 0. The molecule has 0 spiro atoms. The number of amides is 2. The van der Waals surface area contributed by atoms with Gasteiger partial charge in [0.15, 0.2) is 0 Å². The van der Waals surface area contributed by atoms with Gasteiger partial charge in [0.1, 0.15) is 18.4 Å². The topological polar surface area (TPSA) is 86.8 Å². The quantitative estimate of drug-likeness (QED) is 0.222. The fourth-order valence-corrected chi connectivity index (χ4v) is 6.97. The first-order valence-corrected chi connectivity index (χ1v) is 16.3. The summed E-state index contributed by atoms with van der Waals surface area (Å²) in [6, 6.07) is 30.8. The van der Waals surface area contributed by atoms with Gasteiger partial charge in [-0.15, -0.1) is 0 Å². The van der Waals surface area contributed by atoms with Crippen LogP contribution in [0.3, 0.4) is 0 Å². The van der Waals surface area contributed by atoms with Crippen molar-refractivity contribution in [1.82, 2.24) is 10.2 Å². The number of sulfonamides is 1. The Morgan fingerprint density at radius 2 is 1.32 bits per heavy atom. The summed E-state index contributed by atoms with van der Waals surface area (Å²) in [6.45, 7) is -0.451. The van der Waals surface area contributed by atoms with Crippen molar-refractivity contribution in [3.63, 3.8) is 0 Å². The van der Waals surface area contributed by atoms with Gasteiger partial charge in [0, 0.05) is 19.0 Å². The minimum absolute atomic E-state index is 0.0362. The second-order valence-electron chi connectivity index (χ2n) is 11.0. The molecule has 0 heterocycles. The van der Waals surface area contributed by atoms with Crippen LogP contribution in [0.25, 0.3) is 0 Å². The Hall–Kier alpha value is -4.50. The van der Waals surface area contributed by atoms with Gasteiger partial charge in [0.2, 0.25) is 11.8 Å². The van der Waals surface area contributed by atoms with Gasteiger partial charge < -0.3 is 10.2 Å². The van der Waals surface area contributed by atoms with E-state index in [4.69, 9.17) is 0 Å². The van der Waals surface area contributed by atoms with Crippen molar-refractivity contribution in [2.45, 2.75) is 55.6 Å². The zero-order valence-electron chi connectivity index (χ0n) is 24.4. The molecule has 1 N–H and O–H groups in total. The molecule has 1 saturated carbocycles. The normalized spacial score (nSPS) is 14.1. The lowest BCUT2D eigenvalue weighted by molar-refractivity contribution is -0.140. The first-order chi connectivity index (χ1) is 21.3. The highest BCUT2D eigenvalue weighted by atomic mass is 32.2. The van der Waals surface area contributed by atoms with Crippen molar-refractivity contribution in [2.75, 3.05) is 10.8 Å². The minimum Gasteiger partial charge on any atom is -0.352 e. The molecule has 7 nitrogen and oxygen atoms in total. The van der Waals surface area contributed by atoms with Gasteiger partial charge in [-0.3, -0.25) is 13.9 Å². The van der Waals surface area contributed by atoms with Gasteiger partial charge in [-0.1, -0.05) is 91.7 Å². The van der Waals surface area contributed by atoms with Crippen LogP contribution in [0.2, 0.25) is 0 Å². The van der Waals surface area contributed by atoms with Crippen LogP contribution in [-0.4, -0.2) is 43.8 Å². The van der Waals surface area contributed by atoms with Crippen LogP contribution in [0, 0.1) is 5.82 Å². The lowest BCUT2D eigenvalue weighted by Gasteiger charge is -2.34. The van der Waals surface area contributed by atoms with Crippen molar-refractivity contribution in [2.24, 2.45) is 0 Å². The third-order valence-corrected chi connectivity index (χ3v) is 9.68. The zero-order valence-corrected chi connectivity index (χ0v) is 25.2. The molecule has 0 bridgehead atoms. The fourth-order valence-electron chi connectivity index (χ4n) is 5.56. The van der Waals surface area contributed by atoms with E-state index < -0.39 is 34.3 Å². The Labute approximate surface area is 258 Å². The van der Waals surface area contributed by atoms with Crippen molar-refractivity contribution >= 4 is 27.5 Å². The van der Waals surface area contributed by atoms with E-state index in [0.29, 0.717) is 0 Å². The Morgan fingerprint density at radius 3 is 1.91 bits per heavy atom. The highest BCUT2D eigenvalue weighted by Crippen LogP contribution is 2.25. The number of nitrogens with one attached hydrogen (secondary N) is 1. The first-order valence-electron chi connectivity index (χ1n) is 14.8. The van der Waals surface area contributed by atoms with Gasteiger partial charge in [-0.05, 0) is 60.4 Å². The molecule has 1 aliphatic rings. The molecule has 4 aromatic carbocycles. The van der Waals surface area contributed by atoms with E-state index in [2.05, 4.69) is 5.32 Å². The first kappa shape index (κ1) is 30.9. The number of nitrogens with zero attached hydrogens (tertiary/aromatic N) is 2. The van der Waals surface area contributed by atoms with E-state index >= 15 is 0 Å².